The zero-order chi connectivity index (χ0) is 24.6. The summed E-state index contributed by atoms with van der Waals surface area (Å²) in [5, 5.41) is 17.7. The van der Waals surface area contributed by atoms with Crippen molar-refractivity contribution in [3.05, 3.63) is 107 Å². The first-order valence-electron chi connectivity index (χ1n) is 11.8. The molecule has 0 unspecified atom stereocenters. The molecule has 0 amide bonds. The van der Waals surface area contributed by atoms with Crippen LogP contribution in [0.25, 0.3) is 0 Å². The monoisotopic (exact) mass is 517 g/mol. The maximum Gasteiger partial charge on any atom is 0.224 e. The molecule has 37 heavy (non-hydrogen) atoms. The first-order chi connectivity index (χ1) is 17.7. The van der Waals surface area contributed by atoms with Gasteiger partial charge in [-0.25, -0.2) is 4.98 Å². The van der Waals surface area contributed by atoms with Crippen LogP contribution in [0, 0.1) is 6.92 Å². The van der Waals surface area contributed by atoms with Crippen molar-refractivity contribution in [2.75, 3.05) is 10.6 Å². The standard InChI is InChI=1S/C27H27N7O2.ClH/c1-19-15-23(36-34-19)17-29-27-28-14-13-25(31-27)30-26-16-22(32-33-26)12-11-21-9-5-6-10-24(21)35-18-20-7-3-2-4-8-20;/h2-10,13-16H,11-12,17-18H2,1H3,(H3,28,29,30,31,32,33);1H. The summed E-state index contributed by atoms with van der Waals surface area (Å²) in [4.78, 5) is 8.73. The number of benzene rings is 2. The number of halogens is 1. The summed E-state index contributed by atoms with van der Waals surface area (Å²) in [6.07, 6.45) is 3.31. The van der Waals surface area contributed by atoms with Crippen LogP contribution in [-0.2, 0) is 26.0 Å². The summed E-state index contributed by atoms with van der Waals surface area (Å²) in [6.45, 7) is 2.88. The minimum atomic E-state index is 0. The number of nitrogens with one attached hydrogen (secondary N) is 3. The maximum atomic E-state index is 6.09. The lowest BCUT2D eigenvalue weighted by Gasteiger charge is -2.11. The molecule has 5 aromatic rings. The van der Waals surface area contributed by atoms with Crippen LogP contribution in [0.5, 0.6) is 5.75 Å². The molecule has 2 aromatic carbocycles. The first-order valence-corrected chi connectivity index (χ1v) is 11.8. The Balaban J connectivity index is 0.00000320. The third-order valence-electron chi connectivity index (χ3n) is 5.51. The van der Waals surface area contributed by atoms with Gasteiger partial charge in [0.05, 0.1) is 12.2 Å². The molecule has 0 spiro atoms. The molecule has 9 nitrogen and oxygen atoms in total. The molecule has 3 heterocycles. The van der Waals surface area contributed by atoms with Gasteiger partial charge in [-0.1, -0.05) is 53.7 Å². The van der Waals surface area contributed by atoms with Crippen LogP contribution in [-0.4, -0.2) is 25.3 Å². The fourth-order valence-corrected chi connectivity index (χ4v) is 3.72. The zero-order valence-electron chi connectivity index (χ0n) is 20.3. The normalized spacial score (nSPS) is 10.5. The minimum absolute atomic E-state index is 0. The number of para-hydroxylation sites is 1. The SMILES string of the molecule is Cc1cc(CNc2nccc(Nc3cc(CCc4ccccc4OCc4ccccc4)[nH]n3)n2)on1.Cl. The average molecular weight is 518 g/mol. The molecule has 0 bridgehead atoms. The van der Waals surface area contributed by atoms with Gasteiger partial charge in [0.15, 0.2) is 11.6 Å². The Morgan fingerprint density at radius 2 is 1.78 bits per heavy atom. The van der Waals surface area contributed by atoms with Crippen molar-refractivity contribution >= 4 is 30.0 Å². The number of hydrogen-bond donors (Lipinski definition) is 3. The van der Waals surface area contributed by atoms with Gasteiger partial charge in [0, 0.05) is 24.0 Å². The predicted octanol–water partition coefficient (Wildman–Crippen LogP) is 5.64. The number of hydrogen-bond acceptors (Lipinski definition) is 8. The smallest absolute Gasteiger partial charge is 0.224 e. The second-order valence-corrected chi connectivity index (χ2v) is 8.34. The lowest BCUT2D eigenvalue weighted by Crippen LogP contribution is -2.04. The maximum absolute atomic E-state index is 6.09. The fraction of sp³-hybridized carbons (Fsp3) is 0.185. The second kappa shape index (κ2) is 12.5. The highest BCUT2D eigenvalue weighted by Crippen LogP contribution is 2.22. The number of ether oxygens (including phenoxy) is 1. The van der Waals surface area contributed by atoms with Crippen molar-refractivity contribution in [2.45, 2.75) is 32.9 Å². The van der Waals surface area contributed by atoms with Crippen LogP contribution in [0.2, 0.25) is 0 Å². The number of rotatable bonds is 11. The average Bonchev–Trinajstić information content (AvgIpc) is 3.54. The number of aromatic nitrogens is 5. The van der Waals surface area contributed by atoms with Crippen LogP contribution in [0.3, 0.4) is 0 Å². The van der Waals surface area contributed by atoms with E-state index in [0.29, 0.717) is 30.7 Å². The van der Waals surface area contributed by atoms with E-state index < -0.39 is 0 Å². The number of nitrogens with zero attached hydrogens (tertiary/aromatic N) is 4. The van der Waals surface area contributed by atoms with Gasteiger partial charge in [-0.15, -0.1) is 12.4 Å². The Morgan fingerprint density at radius 3 is 2.62 bits per heavy atom. The Labute approximate surface area is 221 Å². The minimum Gasteiger partial charge on any atom is -0.489 e. The van der Waals surface area contributed by atoms with Crippen LogP contribution in [0.15, 0.2) is 83.5 Å². The van der Waals surface area contributed by atoms with Crippen molar-refractivity contribution in [3.63, 3.8) is 0 Å². The predicted molar refractivity (Wildman–Crippen MR) is 144 cm³/mol. The van der Waals surface area contributed by atoms with Crippen molar-refractivity contribution in [1.82, 2.24) is 25.3 Å². The lowest BCUT2D eigenvalue weighted by molar-refractivity contribution is 0.303. The van der Waals surface area contributed by atoms with Crippen LogP contribution in [0.4, 0.5) is 17.6 Å². The molecule has 190 valence electrons. The highest BCUT2D eigenvalue weighted by Gasteiger charge is 2.08. The van der Waals surface area contributed by atoms with Gasteiger partial charge in [0.2, 0.25) is 5.95 Å². The van der Waals surface area contributed by atoms with E-state index in [0.717, 1.165) is 46.9 Å². The Kier molecular flexibility index (Phi) is 8.72. The van der Waals surface area contributed by atoms with Gasteiger partial charge >= 0.3 is 0 Å². The van der Waals surface area contributed by atoms with E-state index in [4.69, 9.17) is 9.26 Å². The summed E-state index contributed by atoms with van der Waals surface area (Å²) in [5.41, 5.74) is 4.16. The van der Waals surface area contributed by atoms with Gasteiger partial charge in [-0.3, -0.25) is 5.10 Å². The molecule has 3 N–H and O–H groups in total. The summed E-state index contributed by atoms with van der Waals surface area (Å²) in [7, 11) is 0. The molecule has 3 aromatic heterocycles. The molecule has 10 heteroatoms. The van der Waals surface area contributed by atoms with E-state index in [-0.39, 0.29) is 12.4 Å². The van der Waals surface area contributed by atoms with Crippen molar-refractivity contribution in [2.24, 2.45) is 0 Å². The molecule has 0 atom stereocenters. The molecule has 0 fully saturated rings. The Hall–Kier alpha value is -4.37. The molecule has 0 aliphatic rings. The summed E-state index contributed by atoms with van der Waals surface area (Å²) in [6, 6.07) is 24.0. The number of anilines is 3. The van der Waals surface area contributed by atoms with Crippen molar-refractivity contribution in [3.8, 4) is 5.75 Å². The Bertz CT molecular complexity index is 1400. The number of H-pyrrole nitrogens is 1. The highest BCUT2D eigenvalue weighted by molar-refractivity contribution is 5.85. The van der Waals surface area contributed by atoms with Crippen molar-refractivity contribution < 1.29 is 9.26 Å². The summed E-state index contributed by atoms with van der Waals surface area (Å²) < 4.78 is 11.3. The molecule has 0 aliphatic carbocycles. The largest absolute Gasteiger partial charge is 0.489 e. The first kappa shape index (κ1) is 25.7. The zero-order valence-corrected chi connectivity index (χ0v) is 21.2. The lowest BCUT2D eigenvalue weighted by atomic mass is 10.1. The fourth-order valence-electron chi connectivity index (χ4n) is 3.72. The van der Waals surface area contributed by atoms with Crippen LogP contribution in [0.1, 0.15) is 28.3 Å². The van der Waals surface area contributed by atoms with E-state index in [1.54, 1.807) is 12.3 Å². The van der Waals surface area contributed by atoms with Gasteiger partial charge in [-0.05, 0) is 43.0 Å². The van der Waals surface area contributed by atoms with Crippen LogP contribution >= 0.6 is 12.4 Å². The van der Waals surface area contributed by atoms with E-state index in [1.165, 1.54) is 0 Å². The van der Waals surface area contributed by atoms with Gasteiger partial charge < -0.3 is 19.9 Å². The summed E-state index contributed by atoms with van der Waals surface area (Å²) >= 11 is 0. The number of aryl methyl sites for hydroxylation is 3. The van der Waals surface area contributed by atoms with Gasteiger partial charge in [-0.2, -0.15) is 10.1 Å². The number of aromatic amines is 1. The van der Waals surface area contributed by atoms with Gasteiger partial charge in [0.1, 0.15) is 18.2 Å². The molecule has 0 saturated heterocycles. The van der Waals surface area contributed by atoms with E-state index in [1.807, 2.05) is 55.5 Å². The Morgan fingerprint density at radius 1 is 0.946 bits per heavy atom. The molecule has 0 aliphatic heterocycles. The quantitative estimate of drug-likeness (QED) is 0.206. The van der Waals surface area contributed by atoms with Crippen LogP contribution < -0.4 is 15.4 Å². The molecular formula is C27H28ClN7O2. The molecule has 5 rings (SSSR count). The third kappa shape index (κ3) is 7.31. The van der Waals surface area contributed by atoms with Gasteiger partial charge in [0.25, 0.3) is 0 Å². The van der Waals surface area contributed by atoms with E-state index >= 15 is 0 Å². The third-order valence-corrected chi connectivity index (χ3v) is 5.51. The molecule has 0 saturated carbocycles. The topological polar surface area (TPSA) is 114 Å². The van der Waals surface area contributed by atoms with E-state index in [9.17, 15) is 0 Å². The van der Waals surface area contributed by atoms with E-state index in [2.05, 4.69) is 54.2 Å². The second-order valence-electron chi connectivity index (χ2n) is 8.34. The molecule has 0 radical (unpaired) electrons. The molecular weight excluding hydrogens is 490 g/mol. The highest BCUT2D eigenvalue weighted by atomic mass is 35.5. The van der Waals surface area contributed by atoms with Crippen molar-refractivity contribution in [1.29, 1.82) is 0 Å². The summed E-state index contributed by atoms with van der Waals surface area (Å²) in [5.74, 6) is 3.43.